The van der Waals surface area contributed by atoms with Gasteiger partial charge in [-0.05, 0) is 35.4 Å². The summed E-state index contributed by atoms with van der Waals surface area (Å²) in [4.78, 5) is 10.6. The summed E-state index contributed by atoms with van der Waals surface area (Å²) in [6.45, 7) is 0. The van der Waals surface area contributed by atoms with Crippen molar-refractivity contribution in [1.29, 1.82) is 0 Å². The van der Waals surface area contributed by atoms with Crippen LogP contribution in [0.2, 0.25) is 0 Å². The van der Waals surface area contributed by atoms with Crippen LogP contribution in [0, 0.1) is 5.82 Å². The third kappa shape index (κ3) is 2.26. The van der Waals surface area contributed by atoms with E-state index < -0.39 is 0 Å². The Morgan fingerprint density at radius 2 is 1.70 bits per heavy atom. The van der Waals surface area contributed by atoms with E-state index in [4.69, 9.17) is 4.42 Å². The second kappa shape index (κ2) is 5.13. The smallest absolute Gasteiger partial charge is 0.185 e. The fraction of sp³-hybridized carbons (Fsp3) is 0. The van der Waals surface area contributed by atoms with Gasteiger partial charge in [-0.3, -0.25) is 4.79 Å². The van der Waals surface area contributed by atoms with Crippen molar-refractivity contribution in [2.45, 2.75) is 0 Å². The summed E-state index contributed by atoms with van der Waals surface area (Å²) in [7, 11) is 0. The first-order chi connectivity index (χ1) is 9.78. The van der Waals surface area contributed by atoms with E-state index in [1.54, 1.807) is 12.1 Å². The zero-order chi connectivity index (χ0) is 13.9. The quantitative estimate of drug-likeness (QED) is 0.650. The number of hydrogen-bond acceptors (Lipinski definition) is 2. The summed E-state index contributed by atoms with van der Waals surface area (Å²) in [6.07, 6.45) is 0.597. The number of rotatable bonds is 3. The molecule has 0 spiro atoms. The molecule has 0 atom stereocenters. The highest BCUT2D eigenvalue weighted by Crippen LogP contribution is 2.28. The van der Waals surface area contributed by atoms with Gasteiger partial charge in [0.1, 0.15) is 11.6 Å². The summed E-state index contributed by atoms with van der Waals surface area (Å²) < 4.78 is 19.4. The van der Waals surface area contributed by atoms with Crippen LogP contribution in [0.15, 0.2) is 65.1 Å². The van der Waals surface area contributed by atoms with Crippen LogP contribution < -0.4 is 0 Å². The van der Waals surface area contributed by atoms with Gasteiger partial charge < -0.3 is 4.42 Å². The Morgan fingerprint density at radius 1 is 0.900 bits per heavy atom. The molecule has 3 heteroatoms. The highest BCUT2D eigenvalue weighted by Gasteiger charge is 2.11. The topological polar surface area (TPSA) is 30.2 Å². The van der Waals surface area contributed by atoms with Crippen molar-refractivity contribution in [1.82, 2.24) is 0 Å². The van der Waals surface area contributed by atoms with E-state index >= 15 is 0 Å². The molecule has 2 aromatic carbocycles. The van der Waals surface area contributed by atoms with Crippen LogP contribution in [0.25, 0.3) is 22.5 Å². The van der Waals surface area contributed by atoms with Gasteiger partial charge in [-0.25, -0.2) is 4.39 Å². The third-order valence-electron chi connectivity index (χ3n) is 3.08. The van der Waals surface area contributed by atoms with Gasteiger partial charge >= 0.3 is 0 Å². The maximum Gasteiger partial charge on any atom is 0.185 e. The normalized spacial score (nSPS) is 10.4. The summed E-state index contributed by atoms with van der Waals surface area (Å²) in [5.74, 6) is 0.161. The van der Waals surface area contributed by atoms with Crippen molar-refractivity contribution in [3.8, 4) is 22.5 Å². The van der Waals surface area contributed by atoms with Crippen LogP contribution in [-0.4, -0.2) is 6.29 Å². The Bertz CT molecular complexity index is 745. The molecule has 3 aromatic rings. The summed E-state index contributed by atoms with van der Waals surface area (Å²) in [5.41, 5.74) is 2.10. The van der Waals surface area contributed by atoms with E-state index in [0.29, 0.717) is 17.6 Å². The zero-order valence-corrected chi connectivity index (χ0v) is 10.5. The molecule has 0 amide bonds. The zero-order valence-electron chi connectivity index (χ0n) is 10.5. The number of furan rings is 1. The van der Waals surface area contributed by atoms with Crippen LogP contribution in [-0.2, 0) is 0 Å². The fourth-order valence-corrected chi connectivity index (χ4v) is 2.09. The third-order valence-corrected chi connectivity index (χ3v) is 3.08. The maximum atomic E-state index is 14.2. The molecule has 0 unspecified atom stereocenters. The van der Waals surface area contributed by atoms with E-state index in [1.165, 1.54) is 12.1 Å². The van der Waals surface area contributed by atoms with Crippen molar-refractivity contribution < 1.29 is 13.6 Å². The molecule has 98 valence electrons. The standard InChI is InChI=1S/C17H11FO2/c18-16-10-13(12-4-2-1-3-5-12)6-8-15(16)17-9-7-14(11-19)20-17/h1-11H. The Labute approximate surface area is 115 Å². The first-order valence-corrected chi connectivity index (χ1v) is 6.18. The van der Waals surface area contributed by atoms with Gasteiger partial charge in [-0.15, -0.1) is 0 Å². The van der Waals surface area contributed by atoms with Crippen molar-refractivity contribution in [3.05, 3.63) is 72.2 Å². The fourth-order valence-electron chi connectivity index (χ4n) is 2.09. The van der Waals surface area contributed by atoms with E-state index in [9.17, 15) is 9.18 Å². The molecular formula is C17H11FO2. The molecule has 0 saturated carbocycles. The molecule has 2 nitrogen and oxygen atoms in total. The Hall–Kier alpha value is -2.68. The number of carbonyl (C=O) groups excluding carboxylic acids is 1. The van der Waals surface area contributed by atoms with Crippen molar-refractivity contribution in [2.75, 3.05) is 0 Å². The predicted octanol–water partition coefficient (Wildman–Crippen LogP) is 4.57. The van der Waals surface area contributed by atoms with Crippen LogP contribution in [0.3, 0.4) is 0 Å². The first kappa shape index (κ1) is 12.4. The van der Waals surface area contributed by atoms with E-state index in [-0.39, 0.29) is 11.6 Å². The van der Waals surface area contributed by atoms with Crippen LogP contribution in [0.4, 0.5) is 4.39 Å². The second-order valence-corrected chi connectivity index (χ2v) is 4.38. The minimum Gasteiger partial charge on any atom is -0.453 e. The first-order valence-electron chi connectivity index (χ1n) is 6.18. The number of hydrogen-bond donors (Lipinski definition) is 0. The molecule has 0 fully saturated rings. The molecular weight excluding hydrogens is 255 g/mol. The van der Waals surface area contributed by atoms with Crippen molar-refractivity contribution in [2.24, 2.45) is 0 Å². The highest BCUT2D eigenvalue weighted by molar-refractivity contribution is 5.74. The molecule has 0 aliphatic rings. The lowest BCUT2D eigenvalue weighted by molar-refractivity contribution is 0.110. The molecule has 0 saturated heterocycles. The van der Waals surface area contributed by atoms with Gasteiger partial charge in [0.15, 0.2) is 12.0 Å². The van der Waals surface area contributed by atoms with Gasteiger partial charge in [0.05, 0.1) is 5.56 Å². The highest BCUT2D eigenvalue weighted by atomic mass is 19.1. The monoisotopic (exact) mass is 266 g/mol. The summed E-state index contributed by atoms with van der Waals surface area (Å²) >= 11 is 0. The van der Waals surface area contributed by atoms with Crippen LogP contribution in [0.5, 0.6) is 0 Å². The number of aldehydes is 1. The van der Waals surface area contributed by atoms with Gasteiger partial charge in [-0.1, -0.05) is 36.4 Å². The second-order valence-electron chi connectivity index (χ2n) is 4.38. The Balaban J connectivity index is 2.01. The molecule has 1 heterocycles. The minimum absolute atomic E-state index is 0.187. The lowest BCUT2D eigenvalue weighted by atomic mass is 10.0. The SMILES string of the molecule is O=Cc1ccc(-c2ccc(-c3ccccc3)cc2F)o1. The van der Waals surface area contributed by atoms with Crippen molar-refractivity contribution >= 4 is 6.29 Å². The number of halogens is 1. The molecule has 0 aliphatic heterocycles. The average Bonchev–Trinajstić information content (AvgIpc) is 2.97. The Morgan fingerprint density at radius 3 is 2.35 bits per heavy atom. The van der Waals surface area contributed by atoms with E-state index in [1.807, 2.05) is 36.4 Å². The largest absolute Gasteiger partial charge is 0.453 e. The average molecular weight is 266 g/mol. The minimum atomic E-state index is -0.377. The molecule has 20 heavy (non-hydrogen) atoms. The molecule has 0 radical (unpaired) electrons. The van der Waals surface area contributed by atoms with Crippen LogP contribution in [0.1, 0.15) is 10.6 Å². The lowest BCUT2D eigenvalue weighted by Gasteiger charge is -2.04. The van der Waals surface area contributed by atoms with E-state index in [2.05, 4.69) is 0 Å². The van der Waals surface area contributed by atoms with Gasteiger partial charge in [0.25, 0.3) is 0 Å². The van der Waals surface area contributed by atoms with Gasteiger partial charge in [0, 0.05) is 0 Å². The summed E-state index contributed by atoms with van der Waals surface area (Å²) in [6, 6.07) is 17.6. The molecule has 0 bridgehead atoms. The molecule has 0 aliphatic carbocycles. The van der Waals surface area contributed by atoms with Crippen LogP contribution >= 0.6 is 0 Å². The number of benzene rings is 2. The number of carbonyl (C=O) groups is 1. The van der Waals surface area contributed by atoms with Crippen molar-refractivity contribution in [3.63, 3.8) is 0 Å². The molecule has 0 N–H and O–H groups in total. The van der Waals surface area contributed by atoms with E-state index in [0.717, 1.165) is 11.1 Å². The molecule has 3 rings (SSSR count). The molecule has 1 aromatic heterocycles. The van der Waals surface area contributed by atoms with Gasteiger partial charge in [-0.2, -0.15) is 0 Å². The summed E-state index contributed by atoms with van der Waals surface area (Å²) in [5, 5.41) is 0. The lowest BCUT2D eigenvalue weighted by Crippen LogP contribution is -1.85. The maximum absolute atomic E-state index is 14.2. The Kier molecular flexibility index (Phi) is 3.17. The predicted molar refractivity (Wildman–Crippen MR) is 74.9 cm³/mol. The van der Waals surface area contributed by atoms with Gasteiger partial charge in [0.2, 0.25) is 0 Å².